The first-order valence-corrected chi connectivity index (χ1v) is 5.37. The summed E-state index contributed by atoms with van der Waals surface area (Å²) in [5.74, 6) is 0. The maximum Gasteiger partial charge on any atom is 0.168 e. The fourth-order valence-corrected chi connectivity index (χ4v) is 2.00. The molecule has 0 saturated heterocycles. The third kappa shape index (κ3) is 1.52. The van der Waals surface area contributed by atoms with E-state index in [1.807, 2.05) is 42.5 Å². The van der Waals surface area contributed by atoms with E-state index in [1.165, 1.54) is 0 Å². The number of aldehydes is 1. The van der Waals surface area contributed by atoms with Crippen LogP contribution in [0.4, 0.5) is 0 Å². The van der Waals surface area contributed by atoms with Crippen LogP contribution in [0.15, 0.2) is 54.7 Å². The Labute approximate surface area is 98.3 Å². The SMILES string of the molecule is O=Cc1ccnn1-c1cccc2ccccc12. The van der Waals surface area contributed by atoms with Crippen LogP contribution in [0.5, 0.6) is 0 Å². The monoisotopic (exact) mass is 222 g/mol. The van der Waals surface area contributed by atoms with Gasteiger partial charge in [0.15, 0.2) is 6.29 Å². The van der Waals surface area contributed by atoms with Gasteiger partial charge in [0, 0.05) is 5.39 Å². The highest BCUT2D eigenvalue weighted by Gasteiger charge is 2.06. The second-order valence-corrected chi connectivity index (χ2v) is 3.78. The number of rotatable bonds is 2. The van der Waals surface area contributed by atoms with Crippen molar-refractivity contribution in [1.29, 1.82) is 0 Å². The van der Waals surface area contributed by atoms with Gasteiger partial charge in [0.1, 0.15) is 5.69 Å². The molecule has 0 N–H and O–H groups in total. The van der Waals surface area contributed by atoms with Crippen LogP contribution >= 0.6 is 0 Å². The van der Waals surface area contributed by atoms with Crippen molar-refractivity contribution >= 4 is 17.1 Å². The zero-order valence-electron chi connectivity index (χ0n) is 9.08. The molecule has 0 radical (unpaired) electrons. The Kier molecular flexibility index (Phi) is 2.22. The zero-order valence-corrected chi connectivity index (χ0v) is 9.08. The summed E-state index contributed by atoms with van der Waals surface area (Å²) in [7, 11) is 0. The first-order chi connectivity index (χ1) is 8.40. The standard InChI is InChI=1S/C14H10N2O/c17-10-12-8-9-15-16(12)14-7-3-5-11-4-1-2-6-13(11)14/h1-10H. The Balaban J connectivity index is 2.34. The summed E-state index contributed by atoms with van der Waals surface area (Å²) in [6, 6.07) is 15.7. The van der Waals surface area contributed by atoms with Gasteiger partial charge in [0.25, 0.3) is 0 Å². The molecule has 17 heavy (non-hydrogen) atoms. The maximum atomic E-state index is 10.9. The van der Waals surface area contributed by atoms with Crippen molar-refractivity contribution in [3.8, 4) is 5.69 Å². The predicted octanol–water partition coefficient (Wildman–Crippen LogP) is 2.84. The van der Waals surface area contributed by atoms with Crippen molar-refractivity contribution in [3.63, 3.8) is 0 Å². The van der Waals surface area contributed by atoms with Crippen LogP contribution in [0.2, 0.25) is 0 Å². The molecular weight excluding hydrogens is 212 g/mol. The zero-order chi connectivity index (χ0) is 11.7. The number of benzene rings is 2. The number of hydrogen-bond acceptors (Lipinski definition) is 2. The van der Waals surface area contributed by atoms with Gasteiger partial charge in [-0.3, -0.25) is 4.79 Å². The van der Waals surface area contributed by atoms with Crippen LogP contribution in [-0.4, -0.2) is 16.1 Å². The first-order valence-electron chi connectivity index (χ1n) is 5.37. The third-order valence-corrected chi connectivity index (χ3v) is 2.79. The molecule has 1 aromatic heterocycles. The molecule has 0 spiro atoms. The van der Waals surface area contributed by atoms with Gasteiger partial charge in [0.2, 0.25) is 0 Å². The van der Waals surface area contributed by atoms with Gasteiger partial charge in [-0.25, -0.2) is 4.68 Å². The molecule has 0 unspecified atom stereocenters. The highest BCUT2D eigenvalue weighted by atomic mass is 16.1. The van der Waals surface area contributed by atoms with Gasteiger partial charge in [0.05, 0.1) is 11.9 Å². The van der Waals surface area contributed by atoms with Gasteiger partial charge in [-0.2, -0.15) is 5.10 Å². The molecule has 82 valence electrons. The van der Waals surface area contributed by atoms with Crippen LogP contribution in [0, 0.1) is 0 Å². The predicted molar refractivity (Wildman–Crippen MR) is 66.5 cm³/mol. The second-order valence-electron chi connectivity index (χ2n) is 3.78. The third-order valence-electron chi connectivity index (χ3n) is 2.79. The average molecular weight is 222 g/mol. The lowest BCUT2D eigenvalue weighted by molar-refractivity contribution is 0.111. The molecule has 0 aliphatic rings. The molecule has 2 aromatic carbocycles. The average Bonchev–Trinajstić information content (AvgIpc) is 2.86. The summed E-state index contributed by atoms with van der Waals surface area (Å²) in [6.07, 6.45) is 2.44. The molecule has 0 saturated carbocycles. The Morgan fingerprint density at radius 2 is 1.82 bits per heavy atom. The number of aromatic nitrogens is 2. The summed E-state index contributed by atoms with van der Waals surface area (Å²) in [6.45, 7) is 0. The largest absolute Gasteiger partial charge is 0.296 e. The van der Waals surface area contributed by atoms with Crippen LogP contribution in [-0.2, 0) is 0 Å². The van der Waals surface area contributed by atoms with E-state index in [0.29, 0.717) is 5.69 Å². The minimum atomic E-state index is 0.557. The van der Waals surface area contributed by atoms with E-state index in [1.54, 1.807) is 16.9 Å². The molecule has 0 amide bonds. The fourth-order valence-electron chi connectivity index (χ4n) is 2.00. The normalized spacial score (nSPS) is 10.6. The number of carbonyl (C=O) groups excluding carboxylic acids is 1. The first kappa shape index (κ1) is 9.78. The molecule has 3 nitrogen and oxygen atoms in total. The van der Waals surface area contributed by atoms with Crippen LogP contribution < -0.4 is 0 Å². The van der Waals surface area contributed by atoms with E-state index < -0.39 is 0 Å². The Bertz CT molecular complexity index is 680. The topological polar surface area (TPSA) is 34.9 Å². The summed E-state index contributed by atoms with van der Waals surface area (Å²) in [5.41, 5.74) is 1.48. The highest BCUT2D eigenvalue weighted by Crippen LogP contribution is 2.22. The van der Waals surface area contributed by atoms with Gasteiger partial charge in [-0.1, -0.05) is 36.4 Å². The minimum absolute atomic E-state index is 0.557. The summed E-state index contributed by atoms with van der Waals surface area (Å²) in [5, 5.41) is 6.41. The molecule has 0 atom stereocenters. The van der Waals surface area contributed by atoms with Crippen LogP contribution in [0.3, 0.4) is 0 Å². The van der Waals surface area contributed by atoms with Crippen molar-refractivity contribution in [3.05, 3.63) is 60.4 Å². The Morgan fingerprint density at radius 3 is 2.71 bits per heavy atom. The van der Waals surface area contributed by atoms with Crippen molar-refractivity contribution in [1.82, 2.24) is 9.78 Å². The smallest absolute Gasteiger partial charge is 0.168 e. The van der Waals surface area contributed by atoms with E-state index in [-0.39, 0.29) is 0 Å². The minimum Gasteiger partial charge on any atom is -0.296 e. The fraction of sp³-hybridized carbons (Fsp3) is 0. The lowest BCUT2D eigenvalue weighted by Crippen LogP contribution is -2.01. The van der Waals surface area contributed by atoms with Crippen LogP contribution in [0.1, 0.15) is 10.5 Å². The van der Waals surface area contributed by atoms with E-state index in [4.69, 9.17) is 0 Å². The van der Waals surface area contributed by atoms with E-state index >= 15 is 0 Å². The molecule has 1 heterocycles. The lowest BCUT2D eigenvalue weighted by Gasteiger charge is -2.07. The second kappa shape index (κ2) is 3.87. The Hall–Kier alpha value is -2.42. The molecule has 0 aliphatic heterocycles. The van der Waals surface area contributed by atoms with Crippen molar-refractivity contribution in [2.75, 3.05) is 0 Å². The number of carbonyl (C=O) groups is 1. The lowest BCUT2D eigenvalue weighted by atomic mass is 10.1. The number of hydrogen-bond donors (Lipinski definition) is 0. The Morgan fingerprint density at radius 1 is 1.00 bits per heavy atom. The molecule has 3 rings (SSSR count). The van der Waals surface area contributed by atoms with Crippen molar-refractivity contribution < 1.29 is 4.79 Å². The maximum absolute atomic E-state index is 10.9. The number of fused-ring (bicyclic) bond motifs is 1. The number of nitrogens with zero attached hydrogens (tertiary/aromatic N) is 2. The van der Waals surface area contributed by atoms with E-state index in [2.05, 4.69) is 5.10 Å². The summed E-state index contributed by atoms with van der Waals surface area (Å²) >= 11 is 0. The van der Waals surface area contributed by atoms with Crippen LogP contribution in [0.25, 0.3) is 16.5 Å². The summed E-state index contributed by atoms with van der Waals surface area (Å²) < 4.78 is 1.66. The molecular formula is C14H10N2O. The molecule has 0 aliphatic carbocycles. The van der Waals surface area contributed by atoms with E-state index in [0.717, 1.165) is 22.7 Å². The molecule has 3 aromatic rings. The molecule has 0 bridgehead atoms. The van der Waals surface area contributed by atoms with E-state index in [9.17, 15) is 4.79 Å². The molecule has 3 heteroatoms. The van der Waals surface area contributed by atoms with Gasteiger partial charge in [-0.05, 0) is 17.5 Å². The van der Waals surface area contributed by atoms with Crippen molar-refractivity contribution in [2.45, 2.75) is 0 Å². The van der Waals surface area contributed by atoms with Gasteiger partial charge < -0.3 is 0 Å². The van der Waals surface area contributed by atoms with Crippen molar-refractivity contribution in [2.24, 2.45) is 0 Å². The van der Waals surface area contributed by atoms with Gasteiger partial charge >= 0.3 is 0 Å². The highest BCUT2D eigenvalue weighted by molar-refractivity contribution is 5.90. The summed E-state index contributed by atoms with van der Waals surface area (Å²) in [4.78, 5) is 10.9. The molecule has 0 fully saturated rings. The van der Waals surface area contributed by atoms with Gasteiger partial charge in [-0.15, -0.1) is 0 Å². The quantitative estimate of drug-likeness (QED) is 0.625.